The Morgan fingerprint density at radius 1 is 0.675 bits per heavy atom. The number of hydrogen-bond donors (Lipinski definition) is 0. The van der Waals surface area contributed by atoms with Gasteiger partial charge < -0.3 is 4.57 Å². The first kappa shape index (κ1) is 27.2. The maximum atomic E-state index is 16.6. The summed E-state index contributed by atoms with van der Waals surface area (Å²) in [5.41, 5.74) is 4.10. The van der Waals surface area contributed by atoms with Gasteiger partial charge in [-0.3, -0.25) is 4.57 Å². The van der Waals surface area contributed by atoms with Crippen molar-refractivity contribution in [2.75, 3.05) is 0 Å². The topological polar surface area (TPSA) is 37.4 Å². The van der Waals surface area contributed by atoms with E-state index in [1.54, 1.807) is 0 Å². The molecule has 5 heteroatoms. The third-order valence-electron chi connectivity index (χ3n) is 8.56. The highest BCUT2D eigenvalue weighted by Crippen LogP contribution is 3.09. The molecule has 0 N–H and O–H groups in total. The van der Waals surface area contributed by atoms with Crippen molar-refractivity contribution < 1.29 is 9.13 Å². The summed E-state index contributed by atoms with van der Waals surface area (Å²) in [6.45, 7) is 3.14. The highest BCUT2D eigenvalue weighted by molar-refractivity contribution is 8.41. The lowest BCUT2D eigenvalue weighted by molar-refractivity contribution is 0.118. The van der Waals surface area contributed by atoms with Gasteiger partial charge in [-0.15, -0.1) is 0 Å². The summed E-state index contributed by atoms with van der Waals surface area (Å²) in [5, 5.41) is -0.191. The van der Waals surface area contributed by atoms with E-state index in [-0.39, 0.29) is 11.7 Å². The van der Waals surface area contributed by atoms with Crippen molar-refractivity contribution in [3.63, 3.8) is 0 Å². The van der Waals surface area contributed by atoms with E-state index in [1.165, 1.54) is 0 Å². The summed E-state index contributed by atoms with van der Waals surface area (Å²) < 4.78 is 35.0. The fraction of sp³-hybridized carbons (Fsp3) is 0.257. The highest BCUT2D eigenvalue weighted by Gasteiger charge is 2.84. The van der Waals surface area contributed by atoms with Crippen molar-refractivity contribution in [1.82, 2.24) is 4.67 Å². The molecule has 0 amide bonds. The number of benzene rings is 4. The molecule has 0 bridgehead atoms. The summed E-state index contributed by atoms with van der Waals surface area (Å²) in [6.07, 6.45) is 0. The van der Waals surface area contributed by atoms with Gasteiger partial charge in [0.1, 0.15) is 5.16 Å². The SMILES string of the molecule is CC(C)[P@]1(=O)C(c2ccccc2)=C(c2ccccc2)[C@@]2(c3ccccc3)[C@@H](c3ccccc3)N(C(C)(C)C)[P@]21=O. The Balaban J connectivity index is 1.88. The fourth-order valence-corrected chi connectivity index (χ4v) is 21.5. The van der Waals surface area contributed by atoms with Crippen molar-refractivity contribution in [3.8, 4) is 0 Å². The molecular weight excluding hydrogens is 528 g/mol. The molecule has 0 saturated carbocycles. The van der Waals surface area contributed by atoms with Crippen LogP contribution in [0.15, 0.2) is 121 Å². The first-order valence-corrected chi connectivity index (χ1v) is 18.2. The third kappa shape index (κ3) is 3.41. The van der Waals surface area contributed by atoms with Crippen molar-refractivity contribution in [1.29, 1.82) is 0 Å². The summed E-state index contributed by atoms with van der Waals surface area (Å²) in [6, 6.07) is 40.8. The average Bonchev–Trinajstić information content (AvgIpc) is 3.10. The Hall–Kier alpha value is -2.96. The molecule has 4 atom stereocenters. The van der Waals surface area contributed by atoms with Gasteiger partial charge in [-0.05, 0) is 48.6 Å². The van der Waals surface area contributed by atoms with E-state index in [2.05, 4.69) is 74.0 Å². The lowest BCUT2D eigenvalue weighted by Crippen LogP contribution is -2.60. The molecule has 40 heavy (non-hydrogen) atoms. The molecule has 4 aromatic rings. The average molecular weight is 566 g/mol. The van der Waals surface area contributed by atoms with Crippen molar-refractivity contribution in [2.24, 2.45) is 0 Å². The molecule has 3 nitrogen and oxygen atoms in total. The lowest BCUT2D eigenvalue weighted by Gasteiger charge is -2.66. The van der Waals surface area contributed by atoms with Crippen LogP contribution in [0, 0.1) is 0 Å². The van der Waals surface area contributed by atoms with E-state index in [9.17, 15) is 0 Å². The van der Waals surface area contributed by atoms with Crippen LogP contribution in [0.5, 0.6) is 0 Å². The lowest BCUT2D eigenvalue weighted by atomic mass is 9.75. The van der Waals surface area contributed by atoms with Crippen LogP contribution in [-0.2, 0) is 14.3 Å². The van der Waals surface area contributed by atoms with Gasteiger partial charge in [-0.25, -0.2) is 4.67 Å². The first-order valence-electron chi connectivity index (χ1n) is 14.1. The summed E-state index contributed by atoms with van der Waals surface area (Å²) in [7, 11) is 0. The molecule has 0 spiro atoms. The molecule has 2 aliphatic heterocycles. The predicted octanol–water partition coefficient (Wildman–Crippen LogP) is 10.3. The smallest absolute Gasteiger partial charge is 0.227 e. The van der Waals surface area contributed by atoms with Gasteiger partial charge in [0.05, 0.1) is 6.04 Å². The Kier molecular flexibility index (Phi) is 6.50. The van der Waals surface area contributed by atoms with Gasteiger partial charge in [0.25, 0.3) is 0 Å². The second-order valence-electron chi connectivity index (χ2n) is 12.2. The van der Waals surface area contributed by atoms with Crippen LogP contribution < -0.4 is 0 Å². The number of nitrogens with zero attached hydrogens (tertiary/aromatic N) is 1. The van der Waals surface area contributed by atoms with E-state index in [0.717, 1.165) is 33.1 Å². The van der Waals surface area contributed by atoms with Gasteiger partial charge in [0, 0.05) is 16.5 Å². The largest absolute Gasteiger partial charge is 0.309 e. The zero-order valence-corrected chi connectivity index (χ0v) is 25.6. The van der Waals surface area contributed by atoms with Gasteiger partial charge in [0.2, 0.25) is 6.98 Å². The van der Waals surface area contributed by atoms with E-state index < -0.39 is 24.5 Å². The zero-order chi connectivity index (χ0) is 28.3. The molecule has 2 aliphatic rings. The molecule has 0 unspecified atom stereocenters. The van der Waals surface area contributed by atoms with Crippen LogP contribution in [0.2, 0.25) is 0 Å². The Bertz CT molecular complexity index is 1660. The normalized spacial score (nSPS) is 28.4. The second-order valence-corrected chi connectivity index (χ2v) is 20.5. The first-order chi connectivity index (χ1) is 19.1. The van der Waals surface area contributed by atoms with Crippen molar-refractivity contribution >= 4 is 24.7 Å². The van der Waals surface area contributed by atoms with Crippen LogP contribution in [0.1, 0.15) is 62.9 Å². The van der Waals surface area contributed by atoms with Crippen molar-refractivity contribution in [3.05, 3.63) is 144 Å². The Labute approximate surface area is 238 Å². The van der Waals surface area contributed by atoms with Crippen LogP contribution >= 0.6 is 13.8 Å². The quantitative estimate of drug-likeness (QED) is 0.226. The second kappa shape index (κ2) is 9.56. The highest BCUT2D eigenvalue weighted by atomic mass is 32.1. The van der Waals surface area contributed by atoms with Crippen LogP contribution in [0.3, 0.4) is 0 Å². The molecule has 0 radical (unpaired) electrons. The number of hydrogen-bond acceptors (Lipinski definition) is 2. The number of rotatable bonds is 5. The molecule has 1 saturated heterocycles. The molecule has 6 rings (SSSR count). The maximum Gasteiger partial charge on any atom is 0.227 e. The molecule has 2 heterocycles. The van der Waals surface area contributed by atoms with Crippen LogP contribution in [0.25, 0.3) is 10.9 Å². The van der Waals surface area contributed by atoms with Gasteiger partial charge in [0.15, 0.2) is 6.83 Å². The molecule has 0 aliphatic carbocycles. The van der Waals surface area contributed by atoms with Gasteiger partial charge in [-0.1, -0.05) is 135 Å². The molecule has 1 fully saturated rings. The maximum absolute atomic E-state index is 16.6. The fourth-order valence-electron chi connectivity index (χ4n) is 7.18. The van der Waals surface area contributed by atoms with E-state index in [0.29, 0.717) is 0 Å². The minimum atomic E-state index is -3.67. The van der Waals surface area contributed by atoms with Crippen LogP contribution in [0.4, 0.5) is 0 Å². The Morgan fingerprint density at radius 3 is 1.60 bits per heavy atom. The molecule has 4 aromatic carbocycles. The van der Waals surface area contributed by atoms with Crippen LogP contribution in [-0.4, -0.2) is 15.9 Å². The molecular formula is C35H37NO2P2. The van der Waals surface area contributed by atoms with Gasteiger partial charge >= 0.3 is 0 Å². The van der Waals surface area contributed by atoms with E-state index >= 15 is 9.13 Å². The summed E-state index contributed by atoms with van der Waals surface area (Å²) in [4.78, 5) is 0. The zero-order valence-electron chi connectivity index (χ0n) is 23.9. The minimum Gasteiger partial charge on any atom is -0.309 e. The van der Waals surface area contributed by atoms with E-state index in [1.807, 2.05) is 86.6 Å². The summed E-state index contributed by atoms with van der Waals surface area (Å²) in [5.74, 6) is 0. The predicted molar refractivity (Wildman–Crippen MR) is 169 cm³/mol. The standard InChI is InChI=1S/C35H37NO2P2/c1-26(2)39(37)32(28-20-12-7-13-21-28)31(27-18-10-6-11-19-27)35(30-24-16-9-17-25-30)33(29-22-14-8-15-23-29)36(34(3,4)5)40(35,39)38/h6-26,33H,1-5H3/t33-,35+,39-,40+/m1/s1. The van der Waals surface area contributed by atoms with E-state index in [4.69, 9.17) is 0 Å². The Morgan fingerprint density at radius 2 is 1.12 bits per heavy atom. The minimum absolute atomic E-state index is 0.259. The summed E-state index contributed by atoms with van der Waals surface area (Å²) >= 11 is 0. The monoisotopic (exact) mass is 565 g/mol. The molecule has 0 aromatic heterocycles. The molecule has 204 valence electrons. The third-order valence-corrected chi connectivity index (χ3v) is 20.9. The van der Waals surface area contributed by atoms with Crippen molar-refractivity contribution in [2.45, 2.75) is 57.0 Å². The number of fused-ring (bicyclic) bond motifs is 1. The van der Waals surface area contributed by atoms with Gasteiger partial charge in [-0.2, -0.15) is 0 Å².